The molecule has 0 amide bonds. The Balaban J connectivity index is 1.05. The summed E-state index contributed by atoms with van der Waals surface area (Å²) in [7, 11) is 0. The molecule has 250 valence electrons. The molecule has 0 bridgehead atoms. The number of anilines is 1. The molecule has 4 aromatic rings. The van der Waals surface area contributed by atoms with Crippen molar-refractivity contribution in [1.82, 2.24) is 24.9 Å². The number of fused-ring (bicyclic) bond motifs is 1. The van der Waals surface area contributed by atoms with Crippen molar-refractivity contribution in [3.05, 3.63) is 71.8 Å². The predicted molar refractivity (Wildman–Crippen MR) is 180 cm³/mol. The molecular formula is C34H41FN6O5S. The number of carbonyl (C=O) groups is 1. The third kappa shape index (κ3) is 7.98. The Morgan fingerprint density at radius 2 is 2.00 bits per heavy atom. The van der Waals surface area contributed by atoms with Crippen LogP contribution in [0.25, 0.3) is 27.7 Å². The second-order valence-corrected chi connectivity index (χ2v) is 13.5. The van der Waals surface area contributed by atoms with Gasteiger partial charge in [0, 0.05) is 36.1 Å². The van der Waals surface area contributed by atoms with Crippen molar-refractivity contribution >= 4 is 39.4 Å². The van der Waals surface area contributed by atoms with Gasteiger partial charge in [0.2, 0.25) is 0 Å². The number of likely N-dealkylation sites (tertiary alicyclic amines) is 1. The normalized spacial score (nSPS) is 16.8. The number of ether oxygens (including phenoxy) is 2. The summed E-state index contributed by atoms with van der Waals surface area (Å²) in [4.78, 5) is 18.4. The molecule has 2 N–H and O–H groups in total. The standard InChI is InChI=1S/C34H41FN6O5S/c1-23(2)22-46-34(42)33-32(29-19-27(35)5-8-30(29)36-33)31-21-40(38-37-31)20-24-9-13-39(14-10-24)15-16-41(47(43)44)28-6-3-25(4-7-28)26-11-17-45-18-12-26/h3-8,11,19,21,23-24,36H,9-10,12-18,20,22H2,1-2H3,(H,43,44). The summed E-state index contributed by atoms with van der Waals surface area (Å²) >= 11 is -2.13. The monoisotopic (exact) mass is 664 g/mol. The van der Waals surface area contributed by atoms with E-state index in [9.17, 15) is 17.9 Å². The Morgan fingerprint density at radius 1 is 1.21 bits per heavy atom. The van der Waals surface area contributed by atoms with E-state index in [0.717, 1.165) is 37.9 Å². The number of aromatic amines is 1. The van der Waals surface area contributed by atoms with Crippen LogP contribution in [0.2, 0.25) is 0 Å². The fourth-order valence-electron chi connectivity index (χ4n) is 6.22. The zero-order valence-electron chi connectivity index (χ0n) is 26.7. The van der Waals surface area contributed by atoms with Gasteiger partial charge in [-0.2, -0.15) is 0 Å². The topological polar surface area (TPSA) is 126 Å². The molecule has 0 spiro atoms. The largest absolute Gasteiger partial charge is 0.461 e. The number of aromatic nitrogens is 4. The highest BCUT2D eigenvalue weighted by molar-refractivity contribution is 7.80. The predicted octanol–water partition coefficient (Wildman–Crippen LogP) is 5.54. The fourth-order valence-corrected chi connectivity index (χ4v) is 6.76. The van der Waals surface area contributed by atoms with E-state index < -0.39 is 23.1 Å². The quantitative estimate of drug-likeness (QED) is 0.150. The molecule has 4 heterocycles. The molecule has 6 rings (SSSR count). The maximum atomic E-state index is 14.2. The summed E-state index contributed by atoms with van der Waals surface area (Å²) in [6.07, 6.45) is 6.63. The molecule has 1 atom stereocenters. The molecule has 1 saturated heterocycles. The molecule has 47 heavy (non-hydrogen) atoms. The fraction of sp³-hybridized carbons (Fsp3) is 0.441. The van der Waals surface area contributed by atoms with Crippen molar-refractivity contribution in [2.45, 2.75) is 39.7 Å². The number of nitrogens with one attached hydrogen (secondary N) is 1. The van der Waals surface area contributed by atoms with E-state index in [4.69, 9.17) is 9.47 Å². The summed E-state index contributed by atoms with van der Waals surface area (Å²) in [6, 6.07) is 12.2. The molecule has 0 aliphatic carbocycles. The molecule has 11 nitrogen and oxygen atoms in total. The first-order valence-corrected chi connectivity index (χ1v) is 17.2. The van der Waals surface area contributed by atoms with Crippen LogP contribution in [0.15, 0.2) is 54.7 Å². The van der Waals surface area contributed by atoms with Gasteiger partial charge in [-0.3, -0.25) is 13.5 Å². The highest BCUT2D eigenvalue weighted by atomic mass is 32.2. The third-order valence-electron chi connectivity index (χ3n) is 8.76. The lowest BCUT2D eigenvalue weighted by Crippen LogP contribution is -2.40. The van der Waals surface area contributed by atoms with Crippen molar-refractivity contribution in [3.63, 3.8) is 0 Å². The van der Waals surface area contributed by atoms with Gasteiger partial charge in [0.05, 0.1) is 31.7 Å². The van der Waals surface area contributed by atoms with Gasteiger partial charge < -0.3 is 19.4 Å². The summed E-state index contributed by atoms with van der Waals surface area (Å²) in [6.45, 7) is 9.01. The number of nitrogens with zero attached hydrogens (tertiary/aromatic N) is 5. The van der Waals surface area contributed by atoms with Crippen LogP contribution in [0.3, 0.4) is 0 Å². The molecule has 1 fully saturated rings. The highest BCUT2D eigenvalue weighted by Crippen LogP contribution is 2.33. The van der Waals surface area contributed by atoms with E-state index in [0.29, 0.717) is 66.6 Å². The average molecular weight is 665 g/mol. The molecule has 1 unspecified atom stereocenters. The number of benzene rings is 2. The van der Waals surface area contributed by atoms with E-state index >= 15 is 0 Å². The Morgan fingerprint density at radius 3 is 2.70 bits per heavy atom. The number of halogens is 1. The molecule has 13 heteroatoms. The summed E-state index contributed by atoms with van der Waals surface area (Å²) in [5.74, 6) is -0.382. The minimum atomic E-state index is -2.13. The van der Waals surface area contributed by atoms with Crippen molar-refractivity contribution in [3.8, 4) is 11.3 Å². The van der Waals surface area contributed by atoms with Gasteiger partial charge in [0.15, 0.2) is 0 Å². The Hall–Kier alpha value is -3.91. The van der Waals surface area contributed by atoms with Crippen molar-refractivity contribution < 1.29 is 27.4 Å². The second kappa shape index (κ2) is 14.9. The minimum Gasteiger partial charge on any atom is -0.461 e. The zero-order valence-corrected chi connectivity index (χ0v) is 27.5. The molecule has 2 aromatic carbocycles. The van der Waals surface area contributed by atoms with E-state index in [2.05, 4.69) is 26.3 Å². The van der Waals surface area contributed by atoms with Crippen LogP contribution in [0.5, 0.6) is 0 Å². The van der Waals surface area contributed by atoms with Gasteiger partial charge in [0.1, 0.15) is 17.2 Å². The van der Waals surface area contributed by atoms with Crippen LogP contribution in [0.1, 0.15) is 49.2 Å². The number of carbonyl (C=O) groups excluding carboxylic acids is 1. The van der Waals surface area contributed by atoms with Crippen molar-refractivity contribution in [1.29, 1.82) is 0 Å². The lowest BCUT2D eigenvalue weighted by molar-refractivity contribution is 0.0454. The van der Waals surface area contributed by atoms with Crippen LogP contribution in [0, 0.1) is 17.7 Å². The number of esters is 1. The number of hydrogen-bond acceptors (Lipinski definition) is 7. The summed E-state index contributed by atoms with van der Waals surface area (Å²) < 4.78 is 50.7. The zero-order chi connectivity index (χ0) is 32.9. The Bertz CT molecular complexity index is 1750. The van der Waals surface area contributed by atoms with Crippen molar-refractivity contribution in [2.75, 3.05) is 50.3 Å². The van der Waals surface area contributed by atoms with Crippen molar-refractivity contribution in [2.24, 2.45) is 11.8 Å². The average Bonchev–Trinajstić information content (AvgIpc) is 3.69. The molecule has 2 aromatic heterocycles. The van der Waals surface area contributed by atoms with E-state index in [1.54, 1.807) is 16.9 Å². The maximum absolute atomic E-state index is 14.2. The first kappa shape index (κ1) is 33.0. The van der Waals surface area contributed by atoms with Crippen LogP contribution in [-0.2, 0) is 27.3 Å². The number of H-pyrrole nitrogens is 1. The van der Waals surface area contributed by atoms with Crippen LogP contribution >= 0.6 is 0 Å². The maximum Gasteiger partial charge on any atom is 0.355 e. The highest BCUT2D eigenvalue weighted by Gasteiger charge is 2.25. The van der Waals surface area contributed by atoms with E-state index in [-0.39, 0.29) is 18.2 Å². The molecule has 2 aliphatic heterocycles. The smallest absolute Gasteiger partial charge is 0.355 e. The molecule has 0 saturated carbocycles. The lowest BCUT2D eigenvalue weighted by Gasteiger charge is -2.33. The Labute approximate surface area is 276 Å². The van der Waals surface area contributed by atoms with E-state index in [1.807, 2.05) is 38.1 Å². The molecule has 2 aliphatic rings. The van der Waals surface area contributed by atoms with Gasteiger partial charge in [-0.15, -0.1) is 5.10 Å². The van der Waals surface area contributed by atoms with Crippen LogP contribution < -0.4 is 4.31 Å². The SMILES string of the molecule is CC(C)COC(=O)c1[nH]c2ccc(F)cc2c1-c1cn(CC2CCN(CCN(c3ccc(C4=CCOCC4)cc3)S(=O)O)CC2)nn1. The first-order valence-electron chi connectivity index (χ1n) is 16.1. The summed E-state index contributed by atoms with van der Waals surface area (Å²) in [5.41, 5.74) is 4.88. The van der Waals surface area contributed by atoms with E-state index in [1.165, 1.54) is 22.0 Å². The van der Waals surface area contributed by atoms with Gasteiger partial charge in [-0.05, 0) is 85.7 Å². The number of piperidine rings is 1. The number of rotatable bonds is 12. The number of hydrogen-bond donors (Lipinski definition) is 2. The molecular weight excluding hydrogens is 623 g/mol. The van der Waals surface area contributed by atoms with Crippen LogP contribution in [-0.4, -0.2) is 85.6 Å². The second-order valence-electron chi connectivity index (χ2n) is 12.6. The minimum absolute atomic E-state index is 0.173. The first-order chi connectivity index (χ1) is 22.7. The van der Waals surface area contributed by atoms with Gasteiger partial charge >= 0.3 is 5.97 Å². The van der Waals surface area contributed by atoms with Gasteiger partial charge in [-0.1, -0.05) is 37.3 Å². The lowest BCUT2D eigenvalue weighted by atomic mass is 9.97. The van der Waals surface area contributed by atoms with Gasteiger partial charge in [-0.25, -0.2) is 13.4 Å². The molecule has 0 radical (unpaired) electrons. The Kier molecular flexibility index (Phi) is 10.5. The van der Waals surface area contributed by atoms with Crippen LogP contribution in [0.4, 0.5) is 10.1 Å². The third-order valence-corrected chi connectivity index (χ3v) is 9.53. The van der Waals surface area contributed by atoms with Gasteiger partial charge in [0.25, 0.3) is 11.3 Å². The summed E-state index contributed by atoms with van der Waals surface area (Å²) in [5, 5.41) is 9.27.